The number of ether oxygens (including phenoxy) is 2. The van der Waals surface area contributed by atoms with E-state index in [1.165, 1.54) is 6.92 Å². The van der Waals surface area contributed by atoms with Crippen LogP contribution in [0.1, 0.15) is 39.5 Å². The molecular weight excluding hydrogens is 208 g/mol. The van der Waals surface area contributed by atoms with Gasteiger partial charge in [-0.05, 0) is 38.5 Å². The average molecular weight is 226 g/mol. The third kappa shape index (κ3) is 2.20. The van der Waals surface area contributed by atoms with Crippen LogP contribution in [-0.4, -0.2) is 24.1 Å². The second-order valence-corrected chi connectivity index (χ2v) is 4.85. The Morgan fingerprint density at radius 1 is 1.44 bits per heavy atom. The molecule has 1 saturated heterocycles. The summed E-state index contributed by atoms with van der Waals surface area (Å²) in [6.07, 6.45) is 3.49. The highest BCUT2D eigenvalue weighted by molar-refractivity contribution is 5.75. The number of cyclic esters (lactones) is 1. The zero-order chi connectivity index (χ0) is 11.7. The summed E-state index contributed by atoms with van der Waals surface area (Å²) < 4.78 is 10.5. The Morgan fingerprint density at radius 2 is 2.19 bits per heavy atom. The fourth-order valence-corrected chi connectivity index (χ4v) is 2.95. The quantitative estimate of drug-likeness (QED) is 0.638. The van der Waals surface area contributed by atoms with Gasteiger partial charge in [-0.2, -0.15) is 0 Å². The second-order valence-electron chi connectivity index (χ2n) is 4.85. The number of hydrogen-bond donors (Lipinski definition) is 0. The van der Waals surface area contributed by atoms with Crippen molar-refractivity contribution in [3.05, 3.63) is 0 Å². The first-order valence-corrected chi connectivity index (χ1v) is 5.95. The summed E-state index contributed by atoms with van der Waals surface area (Å²) in [4.78, 5) is 22.8. The lowest BCUT2D eigenvalue weighted by Crippen LogP contribution is -2.46. The molecule has 16 heavy (non-hydrogen) atoms. The third-order valence-corrected chi connectivity index (χ3v) is 3.51. The van der Waals surface area contributed by atoms with E-state index in [2.05, 4.69) is 0 Å². The topological polar surface area (TPSA) is 52.6 Å². The Morgan fingerprint density at radius 3 is 2.88 bits per heavy atom. The Bertz CT molecular complexity index is 299. The Balaban J connectivity index is 2.10. The zero-order valence-electron chi connectivity index (χ0n) is 9.77. The van der Waals surface area contributed by atoms with E-state index < -0.39 is 0 Å². The van der Waals surface area contributed by atoms with Crippen LogP contribution in [0.4, 0.5) is 0 Å². The van der Waals surface area contributed by atoms with Crippen LogP contribution in [0.2, 0.25) is 0 Å². The summed E-state index contributed by atoms with van der Waals surface area (Å²) in [5.41, 5.74) is 0. The lowest BCUT2D eigenvalue weighted by atomic mass is 9.73. The lowest BCUT2D eigenvalue weighted by Gasteiger charge is -2.40. The zero-order valence-corrected chi connectivity index (χ0v) is 9.77. The fourth-order valence-electron chi connectivity index (χ4n) is 2.95. The summed E-state index contributed by atoms with van der Waals surface area (Å²) >= 11 is 0. The van der Waals surface area contributed by atoms with Gasteiger partial charge >= 0.3 is 11.9 Å². The highest BCUT2D eigenvalue weighted by atomic mass is 16.6. The molecule has 0 aromatic heterocycles. The molecule has 1 heterocycles. The van der Waals surface area contributed by atoms with Crippen LogP contribution in [0.5, 0.6) is 0 Å². The third-order valence-electron chi connectivity index (χ3n) is 3.51. The number of esters is 2. The maximum atomic E-state index is 11.8. The summed E-state index contributed by atoms with van der Waals surface area (Å²) in [5.74, 6) is -0.394. The highest BCUT2D eigenvalue weighted by Crippen LogP contribution is 2.39. The summed E-state index contributed by atoms with van der Waals surface area (Å²) in [7, 11) is 0. The van der Waals surface area contributed by atoms with Gasteiger partial charge in [-0.1, -0.05) is 0 Å². The maximum absolute atomic E-state index is 11.8. The van der Waals surface area contributed by atoms with Crippen molar-refractivity contribution in [1.82, 2.24) is 0 Å². The molecule has 2 aliphatic rings. The molecule has 0 bridgehead atoms. The van der Waals surface area contributed by atoms with Crippen LogP contribution in [-0.2, 0) is 19.1 Å². The Kier molecular flexibility index (Phi) is 3.17. The van der Waals surface area contributed by atoms with Gasteiger partial charge in [0.2, 0.25) is 0 Å². The van der Waals surface area contributed by atoms with E-state index in [0.717, 1.165) is 25.7 Å². The van der Waals surface area contributed by atoms with Crippen molar-refractivity contribution in [2.45, 2.75) is 51.7 Å². The minimum Gasteiger partial charge on any atom is -0.462 e. The Labute approximate surface area is 95.3 Å². The van der Waals surface area contributed by atoms with Gasteiger partial charge in [0, 0.05) is 6.92 Å². The van der Waals surface area contributed by atoms with E-state index in [-0.39, 0.29) is 30.1 Å². The van der Waals surface area contributed by atoms with Crippen molar-refractivity contribution in [2.75, 3.05) is 0 Å². The molecule has 1 aliphatic carbocycles. The van der Waals surface area contributed by atoms with Gasteiger partial charge in [-0.3, -0.25) is 9.59 Å². The largest absolute Gasteiger partial charge is 0.462 e. The van der Waals surface area contributed by atoms with Gasteiger partial charge in [0.15, 0.2) is 0 Å². The monoisotopic (exact) mass is 226 g/mol. The van der Waals surface area contributed by atoms with E-state index in [1.54, 1.807) is 0 Å². The van der Waals surface area contributed by atoms with Gasteiger partial charge in [0.05, 0.1) is 12.0 Å². The van der Waals surface area contributed by atoms with Crippen molar-refractivity contribution in [2.24, 2.45) is 11.8 Å². The minimum absolute atomic E-state index is 0.00447. The van der Waals surface area contributed by atoms with E-state index in [1.807, 2.05) is 6.92 Å². The molecule has 0 amide bonds. The first-order valence-electron chi connectivity index (χ1n) is 5.95. The van der Waals surface area contributed by atoms with E-state index in [0.29, 0.717) is 5.92 Å². The predicted molar refractivity (Wildman–Crippen MR) is 56.6 cm³/mol. The predicted octanol–water partition coefficient (Wildman–Crippen LogP) is 1.67. The van der Waals surface area contributed by atoms with Crippen LogP contribution in [0.15, 0.2) is 0 Å². The van der Waals surface area contributed by atoms with E-state index in [4.69, 9.17) is 9.47 Å². The van der Waals surface area contributed by atoms with Gasteiger partial charge in [0.25, 0.3) is 0 Å². The summed E-state index contributed by atoms with van der Waals surface area (Å²) in [6.45, 7) is 3.31. The SMILES string of the molecule is CC(=O)O[C@H]1CCC[C@H]2C[C@@H](C)OC(=O)[C@H]21. The summed E-state index contributed by atoms with van der Waals surface area (Å²) in [5, 5.41) is 0. The molecule has 0 radical (unpaired) electrons. The van der Waals surface area contributed by atoms with Crippen LogP contribution in [0.3, 0.4) is 0 Å². The number of carbonyl (C=O) groups excluding carboxylic acids is 2. The number of rotatable bonds is 1. The van der Waals surface area contributed by atoms with Crippen LogP contribution in [0.25, 0.3) is 0 Å². The van der Waals surface area contributed by atoms with Crippen molar-refractivity contribution in [1.29, 1.82) is 0 Å². The molecule has 4 nitrogen and oxygen atoms in total. The molecule has 0 N–H and O–H groups in total. The summed E-state index contributed by atoms with van der Waals surface area (Å²) in [6, 6.07) is 0. The van der Waals surface area contributed by atoms with Crippen molar-refractivity contribution in [3.63, 3.8) is 0 Å². The van der Waals surface area contributed by atoms with Crippen LogP contribution >= 0.6 is 0 Å². The van der Waals surface area contributed by atoms with Crippen molar-refractivity contribution in [3.8, 4) is 0 Å². The molecule has 0 aromatic rings. The first-order chi connectivity index (χ1) is 7.58. The van der Waals surface area contributed by atoms with Crippen molar-refractivity contribution < 1.29 is 19.1 Å². The molecule has 4 atom stereocenters. The molecule has 1 saturated carbocycles. The Hall–Kier alpha value is -1.06. The average Bonchev–Trinajstić information content (AvgIpc) is 2.15. The van der Waals surface area contributed by atoms with Gasteiger partial charge in [-0.15, -0.1) is 0 Å². The van der Waals surface area contributed by atoms with Gasteiger partial charge in [0.1, 0.15) is 6.10 Å². The van der Waals surface area contributed by atoms with Crippen molar-refractivity contribution >= 4 is 11.9 Å². The number of carbonyl (C=O) groups is 2. The molecule has 2 fully saturated rings. The molecule has 1 aliphatic heterocycles. The molecule has 2 rings (SSSR count). The highest BCUT2D eigenvalue weighted by Gasteiger charge is 2.45. The second kappa shape index (κ2) is 4.44. The molecule has 0 unspecified atom stereocenters. The normalized spacial score (nSPS) is 38.5. The smallest absolute Gasteiger partial charge is 0.313 e. The molecular formula is C12H18O4. The molecule has 0 aromatic carbocycles. The molecule has 4 heteroatoms. The van der Waals surface area contributed by atoms with E-state index >= 15 is 0 Å². The number of fused-ring (bicyclic) bond motifs is 1. The lowest BCUT2D eigenvalue weighted by molar-refractivity contribution is -0.179. The molecule has 0 spiro atoms. The first kappa shape index (κ1) is 11.4. The van der Waals surface area contributed by atoms with Gasteiger partial charge in [-0.25, -0.2) is 0 Å². The maximum Gasteiger partial charge on any atom is 0.313 e. The van der Waals surface area contributed by atoms with E-state index in [9.17, 15) is 9.59 Å². The standard InChI is InChI=1S/C12H18O4/c1-7-6-9-4-3-5-10(16-8(2)13)11(9)12(14)15-7/h7,9-11H,3-6H2,1-2H3/t7-,9+,10+,11-/m1/s1. The van der Waals surface area contributed by atoms with Crippen LogP contribution < -0.4 is 0 Å². The van der Waals surface area contributed by atoms with Gasteiger partial charge < -0.3 is 9.47 Å². The van der Waals surface area contributed by atoms with Crippen LogP contribution in [0, 0.1) is 11.8 Å². The number of hydrogen-bond acceptors (Lipinski definition) is 4. The fraction of sp³-hybridized carbons (Fsp3) is 0.833. The minimum atomic E-state index is -0.308. The molecule has 90 valence electrons.